The maximum atomic E-state index is 15.1. The number of nitrogens with zero attached hydrogens (tertiary/aromatic N) is 4. The lowest BCUT2D eigenvalue weighted by Gasteiger charge is -2.15. The summed E-state index contributed by atoms with van der Waals surface area (Å²) in [6.45, 7) is 8.29. The molecule has 0 atom stereocenters. The third-order valence-corrected chi connectivity index (χ3v) is 4.40. The fraction of sp³-hybridized carbons (Fsp3) is 0.292. The highest BCUT2D eigenvalue weighted by Gasteiger charge is 2.14. The lowest BCUT2D eigenvalue weighted by molar-refractivity contribution is -0.119. The minimum absolute atomic E-state index is 0.0920. The molecule has 1 aromatic heterocycles. The number of hydrogen-bond acceptors (Lipinski definition) is 6. The second-order valence-electron chi connectivity index (χ2n) is 7.69. The van der Waals surface area contributed by atoms with Crippen LogP contribution in [0.3, 0.4) is 0 Å². The first-order chi connectivity index (χ1) is 15.7. The molecule has 0 aliphatic heterocycles. The van der Waals surface area contributed by atoms with Gasteiger partial charge < -0.3 is 15.0 Å². The van der Waals surface area contributed by atoms with Gasteiger partial charge in [-0.2, -0.15) is 0 Å². The molecule has 0 aliphatic rings. The van der Waals surface area contributed by atoms with Gasteiger partial charge in [-0.05, 0) is 45.6 Å². The Hall–Kier alpha value is -3.72. The number of aryl methyl sites for hydroxylation is 2. The van der Waals surface area contributed by atoms with Crippen molar-refractivity contribution in [3.63, 3.8) is 0 Å². The molecule has 0 bridgehead atoms. The van der Waals surface area contributed by atoms with E-state index >= 15 is 4.39 Å². The molecule has 9 heteroatoms. The molecule has 0 saturated heterocycles. The molecule has 0 saturated carbocycles. The number of pyridine rings is 1. The second kappa shape index (κ2) is 12.4. The zero-order chi connectivity index (χ0) is 24.4. The highest BCUT2D eigenvalue weighted by molar-refractivity contribution is 5.88. The maximum absolute atomic E-state index is 15.1. The van der Waals surface area contributed by atoms with Crippen LogP contribution in [0, 0.1) is 19.7 Å². The molecule has 2 N–H and O–H groups in total. The number of hydrazine groups is 1. The van der Waals surface area contributed by atoms with Gasteiger partial charge in [0.05, 0.1) is 0 Å². The first kappa shape index (κ1) is 25.5. The molecule has 1 amide bonds. The van der Waals surface area contributed by atoms with Gasteiger partial charge in [0.2, 0.25) is 5.88 Å². The molecule has 0 aliphatic carbocycles. The lowest BCUT2D eigenvalue weighted by Crippen LogP contribution is -2.37. The monoisotopic (exact) mass is 454 g/mol. The summed E-state index contributed by atoms with van der Waals surface area (Å²) >= 11 is 0. The van der Waals surface area contributed by atoms with E-state index in [-0.39, 0.29) is 18.2 Å². The van der Waals surface area contributed by atoms with E-state index in [1.165, 1.54) is 17.4 Å². The summed E-state index contributed by atoms with van der Waals surface area (Å²) in [4.78, 5) is 22.2. The van der Waals surface area contributed by atoms with Crippen molar-refractivity contribution in [1.29, 1.82) is 0 Å². The zero-order valence-electron chi connectivity index (χ0n) is 19.7. The molecule has 0 radical (unpaired) electrons. The van der Waals surface area contributed by atoms with Crippen LogP contribution in [0.2, 0.25) is 0 Å². The van der Waals surface area contributed by atoms with Crippen LogP contribution in [0.4, 0.5) is 4.39 Å². The maximum Gasteiger partial charge on any atom is 0.262 e. The van der Waals surface area contributed by atoms with E-state index in [0.717, 1.165) is 11.3 Å². The van der Waals surface area contributed by atoms with Gasteiger partial charge in [-0.15, -0.1) is 0 Å². The van der Waals surface area contributed by atoms with Crippen molar-refractivity contribution in [3.05, 3.63) is 77.5 Å². The molecule has 2 aromatic rings. The summed E-state index contributed by atoms with van der Waals surface area (Å²) in [6, 6.07) is 8.67. The van der Waals surface area contributed by atoms with Gasteiger partial charge in [0.15, 0.2) is 11.6 Å². The van der Waals surface area contributed by atoms with Crippen LogP contribution in [-0.2, 0) is 11.3 Å². The van der Waals surface area contributed by atoms with Crippen LogP contribution in [0.15, 0.2) is 59.9 Å². The average Bonchev–Trinajstić information content (AvgIpc) is 2.74. The summed E-state index contributed by atoms with van der Waals surface area (Å²) in [5.41, 5.74) is 4.60. The normalized spacial score (nSPS) is 11.2. The molecule has 33 heavy (non-hydrogen) atoms. The van der Waals surface area contributed by atoms with Crippen LogP contribution < -0.4 is 15.5 Å². The number of likely N-dealkylation sites (N-methyl/N-ethyl adjacent to an activating group) is 1. The number of nitrogens with one attached hydrogen (secondary N) is 2. The number of benzene rings is 1. The lowest BCUT2D eigenvalue weighted by atomic mass is 10.1. The fourth-order valence-corrected chi connectivity index (χ4v) is 2.68. The van der Waals surface area contributed by atoms with Crippen molar-refractivity contribution in [2.45, 2.75) is 20.4 Å². The molecule has 2 rings (SSSR count). The summed E-state index contributed by atoms with van der Waals surface area (Å²) in [7, 11) is 5.47. The van der Waals surface area contributed by atoms with Crippen LogP contribution >= 0.6 is 0 Å². The number of aromatic nitrogens is 1. The van der Waals surface area contributed by atoms with Crippen LogP contribution in [-0.4, -0.2) is 54.8 Å². The molecular weight excluding hydrogens is 423 g/mol. The average molecular weight is 455 g/mol. The smallest absolute Gasteiger partial charge is 0.262 e. The van der Waals surface area contributed by atoms with Crippen molar-refractivity contribution < 1.29 is 13.9 Å². The van der Waals surface area contributed by atoms with Crippen molar-refractivity contribution in [3.8, 4) is 11.6 Å². The van der Waals surface area contributed by atoms with E-state index < -0.39 is 5.82 Å². The SMILES string of the molecule is C=C(N=CN(C)NC(=O)/C=C/CN(C)C)NCc1c(C)ccc(Oc2cccc(C)n2)c1F. The predicted molar refractivity (Wildman–Crippen MR) is 128 cm³/mol. The van der Waals surface area contributed by atoms with Gasteiger partial charge >= 0.3 is 0 Å². The van der Waals surface area contributed by atoms with E-state index in [2.05, 4.69) is 27.3 Å². The molecule has 0 spiro atoms. The number of halogens is 1. The highest BCUT2D eigenvalue weighted by Crippen LogP contribution is 2.27. The summed E-state index contributed by atoms with van der Waals surface area (Å²) in [5, 5.41) is 4.38. The second-order valence-corrected chi connectivity index (χ2v) is 7.69. The number of ether oxygens (including phenoxy) is 1. The zero-order valence-corrected chi connectivity index (χ0v) is 19.7. The van der Waals surface area contributed by atoms with E-state index in [1.807, 2.05) is 38.9 Å². The Morgan fingerprint density at radius 2 is 2.00 bits per heavy atom. The number of carbonyl (C=O) groups excluding carboxylic acids is 1. The van der Waals surface area contributed by atoms with Crippen molar-refractivity contribution in [2.24, 2.45) is 4.99 Å². The number of rotatable bonds is 11. The quantitative estimate of drug-likeness (QED) is 0.235. The first-order valence-electron chi connectivity index (χ1n) is 10.4. The Balaban J connectivity index is 1.93. The van der Waals surface area contributed by atoms with Crippen LogP contribution in [0.5, 0.6) is 11.6 Å². The molecular formula is C24H31FN6O2. The number of amides is 1. The Bertz CT molecular complexity index is 1040. The van der Waals surface area contributed by atoms with Gasteiger partial charge in [-0.3, -0.25) is 15.2 Å². The predicted octanol–water partition coefficient (Wildman–Crippen LogP) is 3.30. The number of aliphatic imine (C=N–C) groups is 1. The molecule has 1 heterocycles. The minimum atomic E-state index is -0.475. The topological polar surface area (TPSA) is 82.1 Å². The van der Waals surface area contributed by atoms with E-state index in [0.29, 0.717) is 23.8 Å². The van der Waals surface area contributed by atoms with E-state index in [9.17, 15) is 4.79 Å². The third-order valence-electron chi connectivity index (χ3n) is 4.40. The Morgan fingerprint density at radius 1 is 1.24 bits per heavy atom. The summed E-state index contributed by atoms with van der Waals surface area (Å²) in [6.07, 6.45) is 4.61. The van der Waals surface area contributed by atoms with Gasteiger partial charge in [0.25, 0.3) is 5.91 Å². The van der Waals surface area contributed by atoms with Gasteiger partial charge in [0, 0.05) is 43.5 Å². The molecule has 0 unspecified atom stereocenters. The molecule has 0 fully saturated rings. The standard InChI is InChI=1S/C24H31FN6O2/c1-17-12-13-21(33-23-11-7-9-18(2)28-23)24(25)20(17)15-26-19(3)27-16-31(6)29-22(32)10-8-14-30(4)5/h7-13,16,26H,3,14-15H2,1-2,4-6H3,(H,29,32)/b10-8+,27-16?. The summed E-state index contributed by atoms with van der Waals surface area (Å²) in [5.74, 6) is -0.0233. The summed E-state index contributed by atoms with van der Waals surface area (Å²) < 4.78 is 20.7. The minimum Gasteiger partial charge on any atom is -0.436 e. The Kier molecular flexibility index (Phi) is 9.56. The highest BCUT2D eigenvalue weighted by atomic mass is 19.1. The fourth-order valence-electron chi connectivity index (χ4n) is 2.68. The van der Waals surface area contributed by atoms with Gasteiger partial charge in [0.1, 0.15) is 12.2 Å². The van der Waals surface area contributed by atoms with E-state index in [1.54, 1.807) is 37.4 Å². The van der Waals surface area contributed by atoms with Crippen molar-refractivity contribution >= 4 is 12.2 Å². The third kappa shape index (κ3) is 8.74. The largest absolute Gasteiger partial charge is 0.436 e. The Morgan fingerprint density at radius 3 is 2.70 bits per heavy atom. The van der Waals surface area contributed by atoms with Crippen molar-refractivity contribution in [1.82, 2.24) is 25.6 Å². The molecule has 8 nitrogen and oxygen atoms in total. The first-order valence-corrected chi connectivity index (χ1v) is 10.4. The number of carbonyl (C=O) groups is 1. The van der Waals surface area contributed by atoms with Gasteiger partial charge in [-0.1, -0.05) is 24.8 Å². The number of hydrogen-bond donors (Lipinski definition) is 2. The van der Waals surface area contributed by atoms with Crippen LogP contribution in [0.1, 0.15) is 16.8 Å². The molecule has 1 aromatic carbocycles. The molecule has 176 valence electrons. The van der Waals surface area contributed by atoms with Gasteiger partial charge in [-0.25, -0.2) is 14.4 Å². The van der Waals surface area contributed by atoms with Crippen LogP contribution in [0.25, 0.3) is 0 Å². The van der Waals surface area contributed by atoms with E-state index in [4.69, 9.17) is 4.74 Å². The Labute approximate surface area is 194 Å². The van der Waals surface area contributed by atoms with Crippen molar-refractivity contribution in [2.75, 3.05) is 27.7 Å².